The van der Waals surface area contributed by atoms with E-state index in [-0.39, 0.29) is 29.8 Å². The van der Waals surface area contributed by atoms with Crippen LogP contribution in [0.25, 0.3) is 0 Å². The molecule has 142 valence electrons. The number of rotatable bonds is 7. The zero-order valence-electron chi connectivity index (χ0n) is 15.3. The maximum atomic E-state index is 13.3. The van der Waals surface area contributed by atoms with Crippen LogP contribution in [0.15, 0.2) is 23.2 Å². The number of aliphatic imine (C=N–C) groups is 1. The molecule has 1 aromatic carbocycles. The van der Waals surface area contributed by atoms with Gasteiger partial charge in [0.25, 0.3) is 0 Å². The van der Waals surface area contributed by atoms with Crippen molar-refractivity contribution in [1.82, 2.24) is 15.5 Å². The second-order valence-corrected chi connectivity index (χ2v) is 6.22. The fourth-order valence-electron chi connectivity index (χ4n) is 3.07. The van der Waals surface area contributed by atoms with E-state index in [0.717, 1.165) is 37.8 Å². The average molecular weight is 464 g/mol. The summed E-state index contributed by atoms with van der Waals surface area (Å²) in [4.78, 5) is 6.73. The van der Waals surface area contributed by atoms with E-state index in [2.05, 4.69) is 20.5 Å². The van der Waals surface area contributed by atoms with E-state index < -0.39 is 0 Å². The molecular formula is C18H30FIN4O. The maximum absolute atomic E-state index is 13.3. The highest BCUT2D eigenvalue weighted by Gasteiger charge is 2.23. The van der Waals surface area contributed by atoms with Crippen molar-refractivity contribution in [3.8, 4) is 0 Å². The summed E-state index contributed by atoms with van der Waals surface area (Å²) in [6.45, 7) is 6.15. The highest BCUT2D eigenvalue weighted by atomic mass is 127. The fraction of sp³-hybridized carbons (Fsp3) is 0.611. The summed E-state index contributed by atoms with van der Waals surface area (Å²) in [7, 11) is 3.51. The summed E-state index contributed by atoms with van der Waals surface area (Å²) >= 11 is 0. The van der Waals surface area contributed by atoms with E-state index in [1.165, 1.54) is 18.9 Å². The molecule has 1 aliphatic heterocycles. The van der Waals surface area contributed by atoms with Gasteiger partial charge in [0.15, 0.2) is 5.96 Å². The normalized spacial score (nSPS) is 18.1. The first kappa shape index (κ1) is 22.1. The lowest BCUT2D eigenvalue weighted by atomic mass is 10.1. The second kappa shape index (κ2) is 11.6. The maximum Gasteiger partial charge on any atom is 0.191 e. The van der Waals surface area contributed by atoms with Crippen LogP contribution in [0.1, 0.15) is 24.0 Å². The largest absolute Gasteiger partial charge is 0.383 e. The molecule has 0 radical (unpaired) electrons. The van der Waals surface area contributed by atoms with Crippen LogP contribution in [-0.2, 0) is 11.3 Å². The highest BCUT2D eigenvalue weighted by Crippen LogP contribution is 2.15. The molecule has 1 saturated heterocycles. The number of halogens is 2. The van der Waals surface area contributed by atoms with Gasteiger partial charge in [0.05, 0.1) is 6.61 Å². The van der Waals surface area contributed by atoms with Gasteiger partial charge in [-0.05, 0) is 43.5 Å². The molecule has 0 aliphatic carbocycles. The molecule has 0 spiro atoms. The molecule has 1 unspecified atom stereocenters. The summed E-state index contributed by atoms with van der Waals surface area (Å²) in [5.41, 5.74) is 1.71. The van der Waals surface area contributed by atoms with Gasteiger partial charge < -0.3 is 15.4 Å². The Kier molecular flexibility index (Phi) is 10.3. The van der Waals surface area contributed by atoms with Crippen LogP contribution in [0, 0.1) is 12.7 Å². The number of nitrogens with one attached hydrogen (secondary N) is 2. The monoisotopic (exact) mass is 464 g/mol. The molecule has 2 rings (SSSR count). The lowest BCUT2D eigenvalue weighted by Crippen LogP contribution is -2.45. The number of ether oxygens (including phenoxy) is 1. The van der Waals surface area contributed by atoms with Crippen molar-refractivity contribution in [3.05, 3.63) is 35.1 Å². The third kappa shape index (κ3) is 7.07. The molecule has 5 nitrogen and oxygen atoms in total. The van der Waals surface area contributed by atoms with Gasteiger partial charge in [-0.15, -0.1) is 24.0 Å². The first-order valence-corrected chi connectivity index (χ1v) is 8.56. The minimum Gasteiger partial charge on any atom is -0.383 e. The van der Waals surface area contributed by atoms with Crippen LogP contribution in [0.2, 0.25) is 0 Å². The Morgan fingerprint density at radius 2 is 2.20 bits per heavy atom. The average Bonchev–Trinajstić information content (AvgIpc) is 3.03. The summed E-state index contributed by atoms with van der Waals surface area (Å²) in [6.07, 6.45) is 2.43. The van der Waals surface area contributed by atoms with Gasteiger partial charge in [0.2, 0.25) is 0 Å². The second-order valence-electron chi connectivity index (χ2n) is 6.22. The number of nitrogens with zero attached hydrogens (tertiary/aromatic N) is 2. The van der Waals surface area contributed by atoms with Gasteiger partial charge in [-0.2, -0.15) is 0 Å². The van der Waals surface area contributed by atoms with E-state index in [0.29, 0.717) is 18.2 Å². The fourth-order valence-corrected chi connectivity index (χ4v) is 3.07. The van der Waals surface area contributed by atoms with Crippen LogP contribution in [0.3, 0.4) is 0 Å². The van der Waals surface area contributed by atoms with E-state index >= 15 is 0 Å². The lowest BCUT2D eigenvalue weighted by molar-refractivity contribution is 0.141. The third-order valence-electron chi connectivity index (χ3n) is 4.49. The number of guanidine groups is 1. The Hall–Kier alpha value is -0.930. The molecule has 7 heteroatoms. The van der Waals surface area contributed by atoms with Crippen molar-refractivity contribution in [2.75, 3.05) is 40.4 Å². The van der Waals surface area contributed by atoms with Crippen LogP contribution in [-0.4, -0.2) is 57.3 Å². The lowest BCUT2D eigenvalue weighted by Gasteiger charge is -2.25. The van der Waals surface area contributed by atoms with Gasteiger partial charge in [-0.1, -0.05) is 12.1 Å². The first-order chi connectivity index (χ1) is 11.6. The smallest absolute Gasteiger partial charge is 0.191 e. The molecule has 0 bridgehead atoms. The zero-order valence-corrected chi connectivity index (χ0v) is 17.7. The minimum atomic E-state index is -0.168. The molecule has 1 atom stereocenters. The van der Waals surface area contributed by atoms with Gasteiger partial charge in [-0.25, -0.2) is 4.39 Å². The molecule has 0 saturated carbocycles. The summed E-state index contributed by atoms with van der Waals surface area (Å²) < 4.78 is 18.5. The molecule has 1 fully saturated rings. The number of methoxy groups -OCH3 is 1. The van der Waals surface area contributed by atoms with Gasteiger partial charge >= 0.3 is 0 Å². The molecule has 2 N–H and O–H groups in total. The molecule has 0 amide bonds. The number of likely N-dealkylation sites (tertiary alicyclic amines) is 1. The predicted octanol–water partition coefficient (Wildman–Crippen LogP) is 2.53. The van der Waals surface area contributed by atoms with Crippen LogP contribution >= 0.6 is 24.0 Å². The number of aryl methyl sites for hydroxylation is 1. The van der Waals surface area contributed by atoms with Crippen molar-refractivity contribution in [3.63, 3.8) is 0 Å². The summed E-state index contributed by atoms with van der Waals surface area (Å²) in [5.74, 6) is 0.606. The molecule has 1 aliphatic rings. The van der Waals surface area contributed by atoms with Crippen molar-refractivity contribution >= 4 is 29.9 Å². The Morgan fingerprint density at radius 3 is 2.88 bits per heavy atom. The summed E-state index contributed by atoms with van der Waals surface area (Å²) in [5, 5.41) is 6.68. The van der Waals surface area contributed by atoms with Crippen molar-refractivity contribution in [1.29, 1.82) is 0 Å². The Morgan fingerprint density at radius 1 is 1.40 bits per heavy atom. The van der Waals surface area contributed by atoms with Gasteiger partial charge in [-0.3, -0.25) is 9.89 Å². The number of hydrogen-bond donors (Lipinski definition) is 2. The zero-order chi connectivity index (χ0) is 17.4. The van der Waals surface area contributed by atoms with Crippen molar-refractivity contribution in [2.45, 2.75) is 32.4 Å². The number of benzene rings is 1. The molecule has 25 heavy (non-hydrogen) atoms. The Bertz CT molecular complexity index is 556. The van der Waals surface area contributed by atoms with E-state index in [4.69, 9.17) is 4.74 Å². The minimum absolute atomic E-state index is 0. The Balaban J connectivity index is 0.00000312. The third-order valence-corrected chi connectivity index (χ3v) is 4.49. The first-order valence-electron chi connectivity index (χ1n) is 8.56. The predicted molar refractivity (Wildman–Crippen MR) is 111 cm³/mol. The SMILES string of the molecule is CN=C(NCc1ccc(F)c(C)c1)NCC1CCCN1CCOC.I. The van der Waals surface area contributed by atoms with Crippen molar-refractivity contribution in [2.24, 2.45) is 4.99 Å². The topological polar surface area (TPSA) is 48.9 Å². The Labute approximate surface area is 167 Å². The quantitative estimate of drug-likeness (QED) is 0.370. The van der Waals surface area contributed by atoms with E-state index in [1.807, 2.05) is 6.07 Å². The van der Waals surface area contributed by atoms with Crippen molar-refractivity contribution < 1.29 is 9.13 Å². The van der Waals surface area contributed by atoms with Crippen LogP contribution in [0.4, 0.5) is 4.39 Å². The number of hydrogen-bond acceptors (Lipinski definition) is 3. The molecule has 1 heterocycles. The highest BCUT2D eigenvalue weighted by molar-refractivity contribution is 14.0. The van der Waals surface area contributed by atoms with Gasteiger partial charge in [0.1, 0.15) is 5.82 Å². The molecule has 1 aromatic rings. The van der Waals surface area contributed by atoms with E-state index in [1.54, 1.807) is 27.1 Å². The van der Waals surface area contributed by atoms with E-state index in [9.17, 15) is 4.39 Å². The van der Waals surface area contributed by atoms with Gasteiger partial charge in [0, 0.05) is 39.8 Å². The molecular weight excluding hydrogens is 434 g/mol. The molecule has 0 aromatic heterocycles. The summed E-state index contributed by atoms with van der Waals surface area (Å²) in [6, 6.07) is 5.69. The van der Waals surface area contributed by atoms with Crippen LogP contribution in [0.5, 0.6) is 0 Å². The van der Waals surface area contributed by atoms with Crippen LogP contribution < -0.4 is 10.6 Å². The standard InChI is InChI=1S/C18H29FN4O.HI/c1-14-11-15(6-7-17(14)19)12-21-18(20-2)22-13-16-5-4-8-23(16)9-10-24-3;/h6-7,11,16H,4-5,8-10,12-13H2,1-3H3,(H2,20,21,22);1H.